The first kappa shape index (κ1) is 18.1. The van der Waals surface area contributed by atoms with Gasteiger partial charge in [-0.2, -0.15) is 0 Å². The van der Waals surface area contributed by atoms with E-state index in [1.807, 2.05) is 65.0 Å². The highest BCUT2D eigenvalue weighted by atomic mass is 16.5. The maximum Gasteiger partial charge on any atom is 0.259 e. The summed E-state index contributed by atoms with van der Waals surface area (Å²) in [5, 5.41) is 3.75. The highest BCUT2D eigenvalue weighted by Crippen LogP contribution is 2.29. The second-order valence-corrected chi connectivity index (χ2v) is 7.33. The van der Waals surface area contributed by atoms with Gasteiger partial charge < -0.3 is 15.0 Å². The van der Waals surface area contributed by atoms with Crippen molar-refractivity contribution < 1.29 is 9.53 Å². The fourth-order valence-electron chi connectivity index (χ4n) is 2.83. The van der Waals surface area contributed by atoms with Gasteiger partial charge in [0.2, 0.25) is 0 Å². The molecule has 136 valence electrons. The van der Waals surface area contributed by atoms with Crippen LogP contribution in [0, 0.1) is 13.8 Å². The van der Waals surface area contributed by atoms with Crippen molar-refractivity contribution in [1.82, 2.24) is 15.0 Å². The van der Waals surface area contributed by atoms with E-state index in [-0.39, 0.29) is 5.91 Å². The Bertz CT molecular complexity index is 926. The number of nitrogens with one attached hydrogen (secondary N) is 2. The number of H-pyrrole nitrogens is 1. The molecule has 3 rings (SSSR count). The van der Waals surface area contributed by atoms with Crippen LogP contribution in [0.3, 0.4) is 0 Å². The Labute approximate surface area is 153 Å². The molecule has 1 aromatic carbocycles. The second kappa shape index (κ2) is 6.88. The van der Waals surface area contributed by atoms with Crippen LogP contribution in [0.2, 0.25) is 0 Å². The number of amides is 1. The maximum absolute atomic E-state index is 13.0. The second-order valence-electron chi connectivity index (χ2n) is 7.33. The van der Waals surface area contributed by atoms with Crippen LogP contribution >= 0.6 is 0 Å². The first-order valence-electron chi connectivity index (χ1n) is 8.60. The summed E-state index contributed by atoms with van der Waals surface area (Å²) in [6.45, 7) is 9.74. The first-order chi connectivity index (χ1) is 12.3. The Balaban J connectivity index is 1.96. The number of anilines is 1. The third-order valence-corrected chi connectivity index (χ3v) is 4.14. The third-order valence-electron chi connectivity index (χ3n) is 4.14. The molecule has 0 aliphatic rings. The van der Waals surface area contributed by atoms with Crippen LogP contribution in [0.5, 0.6) is 0 Å². The number of aromatic nitrogens is 3. The Morgan fingerprint density at radius 2 is 1.85 bits per heavy atom. The average Bonchev–Trinajstić information content (AvgIpc) is 2.88. The fraction of sp³-hybridized carbons (Fsp3) is 0.350. The number of ether oxygens (including phenoxy) is 1. The summed E-state index contributed by atoms with van der Waals surface area (Å²) in [4.78, 5) is 24.8. The molecule has 2 heterocycles. The molecular weight excluding hydrogens is 328 g/mol. The van der Waals surface area contributed by atoms with Crippen LogP contribution in [0.15, 0.2) is 36.7 Å². The van der Waals surface area contributed by atoms with Gasteiger partial charge in [-0.05, 0) is 45.7 Å². The number of rotatable bonds is 4. The van der Waals surface area contributed by atoms with Gasteiger partial charge in [0.25, 0.3) is 5.91 Å². The zero-order valence-corrected chi connectivity index (χ0v) is 15.8. The highest BCUT2D eigenvalue weighted by molar-refractivity contribution is 6.02. The summed E-state index contributed by atoms with van der Waals surface area (Å²) in [6, 6.07) is 9.47. The van der Waals surface area contributed by atoms with Crippen LogP contribution < -0.4 is 5.32 Å². The Morgan fingerprint density at radius 3 is 2.50 bits per heavy atom. The number of aryl methyl sites for hydroxylation is 2. The molecule has 0 spiro atoms. The van der Waals surface area contributed by atoms with Gasteiger partial charge in [0.15, 0.2) is 6.10 Å². The molecule has 0 saturated carbocycles. The molecule has 26 heavy (non-hydrogen) atoms. The zero-order chi connectivity index (χ0) is 18.9. The van der Waals surface area contributed by atoms with Gasteiger partial charge in [0.05, 0.1) is 11.0 Å². The minimum absolute atomic E-state index is 0.260. The van der Waals surface area contributed by atoms with Gasteiger partial charge in [0.1, 0.15) is 17.8 Å². The largest absolute Gasteiger partial charge is 0.358 e. The molecule has 3 aromatic rings. The lowest BCUT2D eigenvalue weighted by molar-refractivity contribution is -0.137. The number of carbonyl (C=O) groups excluding carboxylic acids is 1. The third kappa shape index (κ3) is 3.75. The quantitative estimate of drug-likeness (QED) is 0.742. The molecule has 2 N–H and O–H groups in total. The van der Waals surface area contributed by atoms with Crippen LogP contribution in [-0.2, 0) is 9.53 Å². The zero-order valence-electron chi connectivity index (χ0n) is 15.8. The predicted molar refractivity (Wildman–Crippen MR) is 102 cm³/mol. The molecule has 1 atom stereocenters. The van der Waals surface area contributed by atoms with E-state index in [4.69, 9.17) is 4.74 Å². The van der Waals surface area contributed by atoms with Crippen molar-refractivity contribution in [2.75, 3.05) is 5.32 Å². The predicted octanol–water partition coefficient (Wildman–Crippen LogP) is 4.07. The highest BCUT2D eigenvalue weighted by Gasteiger charge is 2.28. The molecule has 0 fully saturated rings. The molecule has 6 nitrogen and oxygen atoms in total. The topological polar surface area (TPSA) is 79.9 Å². The van der Waals surface area contributed by atoms with Crippen molar-refractivity contribution >= 4 is 22.8 Å². The molecular formula is C20H24N4O2. The average molecular weight is 352 g/mol. The molecule has 1 unspecified atom stereocenters. The van der Waals surface area contributed by atoms with E-state index in [0.29, 0.717) is 11.5 Å². The summed E-state index contributed by atoms with van der Waals surface area (Å²) in [5.74, 6) is 0.227. The van der Waals surface area contributed by atoms with Crippen molar-refractivity contribution in [1.29, 1.82) is 0 Å². The number of nitrogens with zero attached hydrogens (tertiary/aromatic N) is 2. The molecule has 0 aliphatic heterocycles. The molecule has 0 radical (unpaired) electrons. The number of fused-ring (bicyclic) bond motifs is 1. The van der Waals surface area contributed by atoms with E-state index in [1.165, 1.54) is 6.33 Å². The van der Waals surface area contributed by atoms with E-state index in [2.05, 4.69) is 20.3 Å². The van der Waals surface area contributed by atoms with Gasteiger partial charge >= 0.3 is 0 Å². The summed E-state index contributed by atoms with van der Waals surface area (Å²) in [5.41, 5.74) is 3.05. The summed E-state index contributed by atoms with van der Waals surface area (Å²) in [6.07, 6.45) is 0.705. The van der Waals surface area contributed by atoms with E-state index < -0.39 is 11.7 Å². The van der Waals surface area contributed by atoms with Crippen LogP contribution in [0.4, 0.5) is 5.82 Å². The normalized spacial score (nSPS) is 13.0. The Kier molecular flexibility index (Phi) is 4.78. The van der Waals surface area contributed by atoms with Crippen LogP contribution in [-0.4, -0.2) is 26.5 Å². The van der Waals surface area contributed by atoms with E-state index in [9.17, 15) is 4.79 Å². The van der Waals surface area contributed by atoms with E-state index >= 15 is 0 Å². The molecule has 1 amide bonds. The van der Waals surface area contributed by atoms with Crippen molar-refractivity contribution in [3.63, 3.8) is 0 Å². The monoisotopic (exact) mass is 352 g/mol. The number of hydrogen-bond donors (Lipinski definition) is 2. The van der Waals surface area contributed by atoms with Crippen LogP contribution in [0.1, 0.15) is 43.7 Å². The van der Waals surface area contributed by atoms with Crippen molar-refractivity contribution in [3.8, 4) is 0 Å². The van der Waals surface area contributed by atoms with Gasteiger partial charge in [-0.25, -0.2) is 9.97 Å². The first-order valence-corrected chi connectivity index (χ1v) is 8.60. The molecule has 6 heteroatoms. The lowest BCUT2D eigenvalue weighted by Gasteiger charge is -2.27. The smallest absolute Gasteiger partial charge is 0.259 e. The van der Waals surface area contributed by atoms with Gasteiger partial charge in [-0.1, -0.05) is 30.3 Å². The van der Waals surface area contributed by atoms with Crippen molar-refractivity contribution in [2.24, 2.45) is 0 Å². The number of carbonyl (C=O) groups is 1. The van der Waals surface area contributed by atoms with E-state index in [1.54, 1.807) is 0 Å². The number of benzene rings is 1. The molecule has 0 aliphatic carbocycles. The standard InChI is InChI=1S/C20H24N4O2/c1-12-13(2)23-17-15(12)18(22-11-21-17)24-19(25)16(26-20(3,4)5)14-9-7-6-8-10-14/h6-11,16H,1-5H3,(H2,21,22,23,24,25). The van der Waals surface area contributed by atoms with Gasteiger partial charge in [0, 0.05) is 5.69 Å². The fourth-order valence-corrected chi connectivity index (χ4v) is 2.83. The summed E-state index contributed by atoms with van der Waals surface area (Å²) >= 11 is 0. The minimum atomic E-state index is -0.735. The lowest BCUT2D eigenvalue weighted by Crippen LogP contribution is -2.31. The van der Waals surface area contributed by atoms with Crippen molar-refractivity contribution in [2.45, 2.75) is 46.3 Å². The molecule has 0 bridgehead atoms. The van der Waals surface area contributed by atoms with Gasteiger partial charge in [-0.15, -0.1) is 0 Å². The Morgan fingerprint density at radius 1 is 1.15 bits per heavy atom. The van der Waals surface area contributed by atoms with Gasteiger partial charge in [-0.3, -0.25) is 4.79 Å². The van der Waals surface area contributed by atoms with Crippen molar-refractivity contribution in [3.05, 3.63) is 53.5 Å². The van der Waals surface area contributed by atoms with Crippen LogP contribution in [0.25, 0.3) is 11.0 Å². The van der Waals surface area contributed by atoms with E-state index in [0.717, 1.165) is 22.2 Å². The minimum Gasteiger partial charge on any atom is -0.358 e. The molecule has 2 aromatic heterocycles. The molecule has 0 saturated heterocycles. The SMILES string of the molecule is Cc1[nH]c2ncnc(NC(=O)C(OC(C)(C)C)c3ccccc3)c2c1C. The summed E-state index contributed by atoms with van der Waals surface area (Å²) < 4.78 is 6.04. The lowest BCUT2D eigenvalue weighted by atomic mass is 10.1. The summed E-state index contributed by atoms with van der Waals surface area (Å²) in [7, 11) is 0. The number of hydrogen-bond acceptors (Lipinski definition) is 4. The Hall–Kier alpha value is -2.73. The maximum atomic E-state index is 13.0. The number of aromatic amines is 1.